The Balaban J connectivity index is 1.20. The lowest BCUT2D eigenvalue weighted by atomic mass is 9.93. The molecule has 4 aromatic heterocycles. The molecule has 2 aliphatic heterocycles. The van der Waals surface area contributed by atoms with Crippen LogP contribution in [0.2, 0.25) is 0 Å². The van der Waals surface area contributed by atoms with Crippen molar-refractivity contribution in [2.75, 3.05) is 19.0 Å². The second-order valence-electron chi connectivity index (χ2n) is 13.1. The minimum atomic E-state index is -0.363. The first kappa shape index (κ1) is 30.8. The number of amides is 1. The number of nitrogens with one attached hydrogen (secondary N) is 1. The molecular weight excluding hydrogens is 659 g/mol. The van der Waals surface area contributed by atoms with Crippen LogP contribution in [-0.2, 0) is 19.3 Å². The van der Waals surface area contributed by atoms with Crippen molar-refractivity contribution in [1.29, 1.82) is 0 Å². The number of halogens is 2. The minimum Gasteiger partial charge on any atom is -0.493 e. The number of carbonyl (C=O) groups excluding carboxylic acids is 1. The van der Waals surface area contributed by atoms with Gasteiger partial charge >= 0.3 is 0 Å². The Morgan fingerprint density at radius 1 is 1.06 bits per heavy atom. The summed E-state index contributed by atoms with van der Waals surface area (Å²) in [7, 11) is 1.50. The zero-order chi connectivity index (χ0) is 34.1. The van der Waals surface area contributed by atoms with Crippen LogP contribution in [-0.4, -0.2) is 44.6 Å². The van der Waals surface area contributed by atoms with E-state index in [1.54, 1.807) is 30.5 Å². The first-order valence-electron chi connectivity index (χ1n) is 16.8. The molecule has 1 saturated heterocycles. The van der Waals surface area contributed by atoms with Crippen molar-refractivity contribution in [2.24, 2.45) is 0 Å². The average Bonchev–Trinajstić information content (AvgIpc) is 3.95. The third-order valence-electron chi connectivity index (χ3n) is 10.1. The van der Waals surface area contributed by atoms with Gasteiger partial charge in [0.15, 0.2) is 11.6 Å². The Bertz CT molecular complexity index is 2340. The molecule has 1 aliphatic carbocycles. The van der Waals surface area contributed by atoms with Gasteiger partial charge in [0, 0.05) is 35.7 Å². The van der Waals surface area contributed by atoms with E-state index < -0.39 is 0 Å². The van der Waals surface area contributed by atoms with Gasteiger partial charge in [-0.05, 0) is 85.4 Å². The Morgan fingerprint density at radius 2 is 1.96 bits per heavy atom. The highest BCUT2D eigenvalue weighted by Gasteiger charge is 2.45. The summed E-state index contributed by atoms with van der Waals surface area (Å²) in [5.74, 6) is 0.994. The van der Waals surface area contributed by atoms with E-state index >= 15 is 0 Å². The van der Waals surface area contributed by atoms with E-state index in [2.05, 4.69) is 21.6 Å². The number of aromatic nitrogens is 4. The number of methoxy groups -OCH3 is 1. The van der Waals surface area contributed by atoms with Gasteiger partial charge < -0.3 is 19.4 Å². The predicted molar refractivity (Wildman–Crippen MR) is 185 cm³/mol. The zero-order valence-corrected chi connectivity index (χ0v) is 28.2. The van der Waals surface area contributed by atoms with Crippen molar-refractivity contribution in [3.05, 3.63) is 106 Å². The molecule has 0 saturated carbocycles. The molecule has 1 amide bonds. The van der Waals surface area contributed by atoms with Crippen LogP contribution >= 0.6 is 11.3 Å². The number of anilines is 1. The molecule has 0 bridgehead atoms. The zero-order valence-electron chi connectivity index (χ0n) is 27.4. The fourth-order valence-corrected chi connectivity index (χ4v) is 9.09. The van der Waals surface area contributed by atoms with Crippen LogP contribution in [0.4, 0.5) is 14.6 Å². The number of benzene rings is 2. The molecular formula is C38H32F2N6O3S. The SMILES string of the molecule is COc1c(F)ccc2c1CC[C@H]2Nc1nccc2cc(-c3c4c(nc(CCc5cccc(F)c5)c3-c3nnc(C)o3)[C@H]3CCCN3C4=O)sc12. The fourth-order valence-electron chi connectivity index (χ4n) is 7.93. The number of hydrogen-bond acceptors (Lipinski definition) is 9. The molecule has 1 N–H and O–H groups in total. The molecule has 9 nitrogen and oxygen atoms in total. The van der Waals surface area contributed by atoms with E-state index in [9.17, 15) is 13.6 Å². The van der Waals surface area contributed by atoms with Crippen LogP contribution in [0.1, 0.15) is 75.7 Å². The summed E-state index contributed by atoms with van der Waals surface area (Å²) in [6.07, 6.45) is 6.00. The van der Waals surface area contributed by atoms with Crippen molar-refractivity contribution in [3.63, 3.8) is 0 Å². The quantitative estimate of drug-likeness (QED) is 0.171. The molecule has 2 aromatic carbocycles. The lowest BCUT2D eigenvalue weighted by Gasteiger charge is -2.16. The second kappa shape index (κ2) is 12.0. The molecule has 1 fully saturated rings. The maximum absolute atomic E-state index is 14.5. The molecule has 50 heavy (non-hydrogen) atoms. The van der Waals surface area contributed by atoms with Gasteiger partial charge in [0.1, 0.15) is 11.6 Å². The highest BCUT2D eigenvalue weighted by Crippen LogP contribution is 2.51. The maximum atomic E-state index is 14.5. The van der Waals surface area contributed by atoms with Crippen molar-refractivity contribution in [1.82, 2.24) is 25.1 Å². The predicted octanol–water partition coefficient (Wildman–Crippen LogP) is 8.18. The number of thiophene rings is 1. The smallest absolute Gasteiger partial charge is 0.257 e. The van der Waals surface area contributed by atoms with Crippen LogP contribution in [0.5, 0.6) is 5.75 Å². The van der Waals surface area contributed by atoms with Gasteiger partial charge in [-0.15, -0.1) is 21.5 Å². The largest absolute Gasteiger partial charge is 0.493 e. The van der Waals surface area contributed by atoms with Crippen LogP contribution < -0.4 is 10.1 Å². The summed E-state index contributed by atoms with van der Waals surface area (Å²) in [5.41, 5.74) is 6.14. The van der Waals surface area contributed by atoms with Gasteiger partial charge in [-0.2, -0.15) is 0 Å². The lowest BCUT2D eigenvalue weighted by Crippen LogP contribution is -2.22. The van der Waals surface area contributed by atoms with Gasteiger partial charge in [-0.3, -0.25) is 9.78 Å². The minimum absolute atomic E-state index is 0.0446. The van der Waals surface area contributed by atoms with Crippen LogP contribution in [0.15, 0.2) is 59.1 Å². The number of ether oxygens (including phenoxy) is 1. The van der Waals surface area contributed by atoms with Crippen molar-refractivity contribution in [3.8, 4) is 27.6 Å². The van der Waals surface area contributed by atoms with Gasteiger partial charge in [0.05, 0.1) is 46.4 Å². The molecule has 6 heterocycles. The Morgan fingerprint density at radius 3 is 2.78 bits per heavy atom. The molecule has 0 unspecified atom stereocenters. The molecule has 0 radical (unpaired) electrons. The Kier molecular flexibility index (Phi) is 7.38. The number of fused-ring (bicyclic) bond motifs is 5. The fraction of sp³-hybridized carbons (Fsp3) is 0.289. The first-order valence-corrected chi connectivity index (χ1v) is 17.6. The Labute approximate surface area is 290 Å². The van der Waals surface area contributed by atoms with Crippen molar-refractivity contribution < 1.29 is 22.7 Å². The van der Waals surface area contributed by atoms with E-state index in [-0.39, 0.29) is 29.6 Å². The number of hydrogen-bond donors (Lipinski definition) is 1. The number of carbonyl (C=O) groups is 1. The molecule has 6 aromatic rings. The number of aryl methyl sites for hydroxylation is 3. The van der Waals surface area contributed by atoms with E-state index in [0.29, 0.717) is 60.3 Å². The van der Waals surface area contributed by atoms with E-state index in [1.807, 2.05) is 23.1 Å². The van der Waals surface area contributed by atoms with Gasteiger partial charge in [-0.25, -0.2) is 13.8 Å². The molecule has 3 aliphatic rings. The highest BCUT2D eigenvalue weighted by molar-refractivity contribution is 7.23. The van der Waals surface area contributed by atoms with Crippen LogP contribution in [0, 0.1) is 18.6 Å². The summed E-state index contributed by atoms with van der Waals surface area (Å²) in [6, 6.07) is 13.7. The van der Waals surface area contributed by atoms with E-state index in [4.69, 9.17) is 19.1 Å². The third kappa shape index (κ3) is 4.95. The molecule has 12 heteroatoms. The van der Waals surface area contributed by atoms with Gasteiger partial charge in [0.2, 0.25) is 11.8 Å². The van der Waals surface area contributed by atoms with Crippen LogP contribution in [0.3, 0.4) is 0 Å². The van der Waals surface area contributed by atoms with E-state index in [0.717, 1.165) is 67.9 Å². The maximum Gasteiger partial charge on any atom is 0.257 e. The Hall–Kier alpha value is -5.23. The average molecular weight is 691 g/mol. The van der Waals surface area contributed by atoms with Crippen molar-refractivity contribution >= 4 is 33.1 Å². The standard InChI is InChI=1S/C38H32F2N6O3S/c1-19-44-45-37(49-19)30-27(12-8-20-5-3-6-22(39)17-20)42-33-28-7-4-16-46(28)38(47)32(33)31(30)29-18-21-14-15-41-36(35(21)50-29)43-26-13-10-24-23(26)9-11-25(40)34(24)48-2/h3,5-6,9,11,14-15,17-18,26,28H,4,7-8,10,12-13,16H2,1-2H3,(H,41,43)/t26-,28-/m1/s1. The third-order valence-corrected chi connectivity index (χ3v) is 11.3. The van der Waals surface area contributed by atoms with Gasteiger partial charge in [-0.1, -0.05) is 18.2 Å². The summed E-state index contributed by atoms with van der Waals surface area (Å²) in [5, 5.41) is 13.2. The summed E-state index contributed by atoms with van der Waals surface area (Å²) in [4.78, 5) is 26.9. The topological polar surface area (TPSA) is 106 Å². The molecule has 9 rings (SSSR count). The number of pyridine rings is 2. The first-order chi connectivity index (χ1) is 24.4. The summed E-state index contributed by atoms with van der Waals surface area (Å²) >= 11 is 1.54. The molecule has 252 valence electrons. The molecule has 2 atom stereocenters. The normalized spacial score (nSPS) is 17.8. The summed E-state index contributed by atoms with van der Waals surface area (Å²) < 4.78 is 41.0. The lowest BCUT2D eigenvalue weighted by molar-refractivity contribution is 0.0776. The monoisotopic (exact) mass is 690 g/mol. The van der Waals surface area contributed by atoms with E-state index in [1.165, 1.54) is 25.3 Å². The molecule has 0 spiro atoms. The summed E-state index contributed by atoms with van der Waals surface area (Å²) in [6.45, 7) is 2.41. The van der Waals surface area contributed by atoms with Crippen molar-refractivity contribution in [2.45, 2.75) is 57.5 Å². The van der Waals surface area contributed by atoms with Crippen LogP contribution in [0.25, 0.3) is 32.0 Å². The second-order valence-corrected chi connectivity index (χ2v) is 14.1. The number of nitrogens with zero attached hydrogens (tertiary/aromatic N) is 5. The number of rotatable bonds is 8. The van der Waals surface area contributed by atoms with Gasteiger partial charge in [0.25, 0.3) is 5.91 Å². The highest BCUT2D eigenvalue weighted by atomic mass is 32.1.